The molecule has 0 aromatic carbocycles. The molecule has 152 valence electrons. The Labute approximate surface area is 158 Å². The van der Waals surface area contributed by atoms with Crippen LogP contribution >= 0.6 is 0 Å². The van der Waals surface area contributed by atoms with E-state index >= 15 is 0 Å². The standard InChI is InChI=1S/C19H38N4O3/c1-7-20-17(24)14-23-10-8-22(9-11-23)13-16(12-15(2)3)21-18(25)26-19(4,5)6/h15-16H,7-14H2,1-6H3,(H,20,24)(H,21,25)/t16-/m0/s1. The van der Waals surface area contributed by atoms with Crippen LogP contribution in [0.15, 0.2) is 0 Å². The number of nitrogens with zero attached hydrogens (tertiary/aromatic N) is 2. The zero-order valence-electron chi connectivity index (χ0n) is 17.4. The van der Waals surface area contributed by atoms with Gasteiger partial charge in [0, 0.05) is 45.3 Å². The molecule has 0 spiro atoms. The van der Waals surface area contributed by atoms with E-state index in [9.17, 15) is 9.59 Å². The number of nitrogens with one attached hydrogen (secondary N) is 2. The van der Waals surface area contributed by atoms with Gasteiger partial charge in [-0.1, -0.05) is 13.8 Å². The average Bonchev–Trinajstić information content (AvgIpc) is 2.46. The first-order chi connectivity index (χ1) is 12.1. The molecule has 1 aliphatic rings. The third-order valence-electron chi connectivity index (χ3n) is 4.16. The molecule has 0 unspecified atom stereocenters. The molecule has 1 fully saturated rings. The molecule has 7 heteroatoms. The zero-order valence-corrected chi connectivity index (χ0v) is 17.4. The lowest BCUT2D eigenvalue weighted by atomic mass is 10.0. The molecule has 0 aromatic rings. The normalized spacial score (nSPS) is 17.8. The van der Waals surface area contributed by atoms with Crippen molar-refractivity contribution in [1.29, 1.82) is 0 Å². The monoisotopic (exact) mass is 370 g/mol. The van der Waals surface area contributed by atoms with Crippen molar-refractivity contribution in [3.05, 3.63) is 0 Å². The summed E-state index contributed by atoms with van der Waals surface area (Å²) in [6, 6.07) is 0.0693. The highest BCUT2D eigenvalue weighted by Gasteiger charge is 2.24. The molecule has 7 nitrogen and oxygen atoms in total. The fraction of sp³-hybridized carbons (Fsp3) is 0.895. The van der Waals surface area contributed by atoms with E-state index in [0.29, 0.717) is 19.0 Å². The van der Waals surface area contributed by atoms with Crippen molar-refractivity contribution in [2.75, 3.05) is 45.8 Å². The van der Waals surface area contributed by atoms with Crippen LogP contribution in [0.25, 0.3) is 0 Å². The molecule has 2 amide bonds. The highest BCUT2D eigenvalue weighted by Crippen LogP contribution is 2.11. The van der Waals surface area contributed by atoms with E-state index in [1.807, 2.05) is 27.7 Å². The summed E-state index contributed by atoms with van der Waals surface area (Å²) in [7, 11) is 0. The van der Waals surface area contributed by atoms with E-state index in [4.69, 9.17) is 4.74 Å². The van der Waals surface area contributed by atoms with Crippen LogP contribution in [-0.2, 0) is 9.53 Å². The summed E-state index contributed by atoms with van der Waals surface area (Å²) in [5.74, 6) is 0.583. The first-order valence-corrected chi connectivity index (χ1v) is 9.80. The number of alkyl carbamates (subject to hydrolysis) is 1. The van der Waals surface area contributed by atoms with Gasteiger partial charge in [-0.15, -0.1) is 0 Å². The zero-order chi connectivity index (χ0) is 19.7. The van der Waals surface area contributed by atoms with Crippen LogP contribution in [0.4, 0.5) is 4.79 Å². The highest BCUT2D eigenvalue weighted by atomic mass is 16.6. The molecule has 1 aliphatic heterocycles. The van der Waals surface area contributed by atoms with Crippen LogP contribution in [0.5, 0.6) is 0 Å². The van der Waals surface area contributed by atoms with E-state index in [2.05, 4.69) is 34.3 Å². The van der Waals surface area contributed by atoms with Crippen LogP contribution in [-0.4, -0.2) is 79.3 Å². The predicted molar refractivity (Wildman–Crippen MR) is 104 cm³/mol. The van der Waals surface area contributed by atoms with Gasteiger partial charge in [0.15, 0.2) is 0 Å². The Balaban J connectivity index is 2.46. The Morgan fingerprint density at radius 2 is 1.65 bits per heavy atom. The fourth-order valence-electron chi connectivity index (χ4n) is 3.12. The molecule has 0 aliphatic carbocycles. The first-order valence-electron chi connectivity index (χ1n) is 9.80. The number of hydrogen-bond acceptors (Lipinski definition) is 5. The molecule has 0 radical (unpaired) electrons. The summed E-state index contributed by atoms with van der Waals surface area (Å²) in [6.45, 7) is 17.4. The average molecular weight is 371 g/mol. The summed E-state index contributed by atoms with van der Waals surface area (Å²) in [6.07, 6.45) is 0.566. The number of hydrogen-bond donors (Lipinski definition) is 2. The first kappa shape index (κ1) is 22.7. The van der Waals surface area contributed by atoms with E-state index in [-0.39, 0.29) is 18.0 Å². The SMILES string of the molecule is CCNC(=O)CN1CCN(C[C@H](CC(C)C)NC(=O)OC(C)(C)C)CC1. The van der Waals surface area contributed by atoms with E-state index < -0.39 is 5.60 Å². The molecule has 1 rings (SSSR count). The molecule has 0 bridgehead atoms. The van der Waals surface area contributed by atoms with Crippen molar-refractivity contribution < 1.29 is 14.3 Å². The number of rotatable bonds is 8. The highest BCUT2D eigenvalue weighted by molar-refractivity contribution is 5.77. The van der Waals surface area contributed by atoms with Gasteiger partial charge < -0.3 is 15.4 Å². The minimum absolute atomic E-state index is 0.0693. The molecule has 1 saturated heterocycles. The van der Waals surface area contributed by atoms with E-state index in [1.54, 1.807) is 0 Å². The molecule has 2 N–H and O–H groups in total. The van der Waals surface area contributed by atoms with Crippen molar-refractivity contribution in [1.82, 2.24) is 20.4 Å². The molecule has 1 heterocycles. The molecular weight excluding hydrogens is 332 g/mol. The van der Waals surface area contributed by atoms with Crippen LogP contribution in [0, 0.1) is 5.92 Å². The van der Waals surface area contributed by atoms with Gasteiger partial charge in [-0.3, -0.25) is 14.6 Å². The van der Waals surface area contributed by atoms with Crippen molar-refractivity contribution in [2.45, 2.75) is 59.6 Å². The van der Waals surface area contributed by atoms with Gasteiger partial charge in [0.2, 0.25) is 5.91 Å². The largest absolute Gasteiger partial charge is 0.444 e. The third kappa shape index (κ3) is 9.97. The maximum atomic E-state index is 12.1. The minimum atomic E-state index is -0.489. The second kappa shape index (κ2) is 10.7. The van der Waals surface area contributed by atoms with Gasteiger partial charge in [0.25, 0.3) is 0 Å². The Kier molecular flexibility index (Phi) is 9.36. The fourth-order valence-corrected chi connectivity index (χ4v) is 3.12. The summed E-state index contributed by atoms with van der Waals surface area (Å²) in [5.41, 5.74) is -0.489. The number of ether oxygens (including phenoxy) is 1. The second-order valence-electron chi connectivity index (χ2n) is 8.50. The van der Waals surface area contributed by atoms with Crippen molar-refractivity contribution in [2.24, 2.45) is 5.92 Å². The number of carbonyl (C=O) groups is 2. The van der Waals surface area contributed by atoms with Gasteiger partial charge in [-0.05, 0) is 40.0 Å². The molecule has 0 aromatic heterocycles. The second-order valence-corrected chi connectivity index (χ2v) is 8.50. The Morgan fingerprint density at radius 1 is 1.08 bits per heavy atom. The van der Waals surface area contributed by atoms with Gasteiger partial charge in [-0.2, -0.15) is 0 Å². The maximum absolute atomic E-state index is 12.1. The van der Waals surface area contributed by atoms with Gasteiger partial charge in [0.1, 0.15) is 5.60 Å². The van der Waals surface area contributed by atoms with Gasteiger partial charge in [-0.25, -0.2) is 4.79 Å². The van der Waals surface area contributed by atoms with E-state index in [1.165, 1.54) is 0 Å². The predicted octanol–water partition coefficient (Wildman–Crippen LogP) is 1.68. The minimum Gasteiger partial charge on any atom is -0.444 e. The van der Waals surface area contributed by atoms with Gasteiger partial charge >= 0.3 is 6.09 Å². The van der Waals surface area contributed by atoms with Crippen molar-refractivity contribution in [3.8, 4) is 0 Å². The Bertz CT molecular complexity index is 441. The Morgan fingerprint density at radius 3 is 2.15 bits per heavy atom. The summed E-state index contributed by atoms with van der Waals surface area (Å²) < 4.78 is 5.40. The number of carbonyl (C=O) groups excluding carboxylic acids is 2. The van der Waals surface area contributed by atoms with Crippen LogP contribution < -0.4 is 10.6 Å². The van der Waals surface area contributed by atoms with Crippen molar-refractivity contribution >= 4 is 12.0 Å². The smallest absolute Gasteiger partial charge is 0.407 e. The summed E-state index contributed by atoms with van der Waals surface area (Å²) in [4.78, 5) is 28.4. The third-order valence-corrected chi connectivity index (χ3v) is 4.16. The summed E-state index contributed by atoms with van der Waals surface area (Å²) >= 11 is 0. The van der Waals surface area contributed by atoms with Crippen molar-refractivity contribution in [3.63, 3.8) is 0 Å². The van der Waals surface area contributed by atoms with Gasteiger partial charge in [0.05, 0.1) is 6.54 Å². The molecule has 26 heavy (non-hydrogen) atoms. The number of amides is 2. The summed E-state index contributed by atoms with van der Waals surface area (Å²) in [5, 5.41) is 5.87. The van der Waals surface area contributed by atoms with E-state index in [0.717, 1.165) is 39.1 Å². The quantitative estimate of drug-likeness (QED) is 0.680. The van der Waals surface area contributed by atoms with Crippen LogP contribution in [0.3, 0.4) is 0 Å². The Hall–Kier alpha value is -1.34. The topological polar surface area (TPSA) is 73.9 Å². The molecule has 0 saturated carbocycles. The number of likely N-dealkylation sites (N-methyl/N-ethyl adjacent to an activating group) is 1. The molecular formula is C19H38N4O3. The lowest BCUT2D eigenvalue weighted by molar-refractivity contribution is -0.122. The van der Waals surface area contributed by atoms with Crippen LogP contribution in [0.1, 0.15) is 48.0 Å². The lowest BCUT2D eigenvalue weighted by Gasteiger charge is -2.36. The van der Waals surface area contributed by atoms with Crippen LogP contribution in [0.2, 0.25) is 0 Å². The number of piperazine rings is 1. The lowest BCUT2D eigenvalue weighted by Crippen LogP contribution is -2.53. The maximum Gasteiger partial charge on any atom is 0.407 e. The molecule has 1 atom stereocenters.